The van der Waals surface area contributed by atoms with Gasteiger partial charge >= 0.3 is 5.97 Å². The van der Waals surface area contributed by atoms with Crippen molar-refractivity contribution in [2.45, 2.75) is 392 Å². The highest BCUT2D eigenvalue weighted by atomic mass is 16.5. The van der Waals surface area contributed by atoms with Crippen LogP contribution in [0.15, 0.2) is 12.2 Å². The Morgan fingerprint density at radius 1 is 0.370 bits per heavy atom. The van der Waals surface area contributed by atoms with Gasteiger partial charge in [-0.3, -0.25) is 9.59 Å². The highest BCUT2D eigenvalue weighted by Gasteiger charge is 2.20. The smallest absolute Gasteiger partial charge is 0.305 e. The maximum atomic E-state index is 12.5. The molecular formula is C67H131NO5. The summed E-state index contributed by atoms with van der Waals surface area (Å²) in [5.41, 5.74) is 0. The van der Waals surface area contributed by atoms with Crippen molar-refractivity contribution < 1.29 is 24.5 Å². The van der Waals surface area contributed by atoms with Gasteiger partial charge in [-0.25, -0.2) is 0 Å². The molecule has 0 aliphatic carbocycles. The van der Waals surface area contributed by atoms with Crippen LogP contribution in [-0.4, -0.2) is 47.4 Å². The minimum atomic E-state index is -0.670. The molecule has 0 aromatic heterocycles. The topological polar surface area (TPSA) is 95.9 Å². The summed E-state index contributed by atoms with van der Waals surface area (Å²) in [6.45, 7) is 4.98. The Bertz CT molecular complexity index is 1100. The zero-order valence-electron chi connectivity index (χ0n) is 49.6. The van der Waals surface area contributed by atoms with Crippen molar-refractivity contribution in [3.8, 4) is 0 Å². The van der Waals surface area contributed by atoms with E-state index in [4.69, 9.17) is 4.74 Å². The van der Waals surface area contributed by atoms with E-state index in [1.807, 2.05) is 0 Å². The fourth-order valence-corrected chi connectivity index (χ4v) is 10.7. The number of hydrogen-bond donors (Lipinski definition) is 3. The molecule has 0 saturated carbocycles. The number of unbranched alkanes of at least 4 members (excludes halogenated alkanes) is 50. The highest BCUT2D eigenvalue weighted by molar-refractivity contribution is 5.76. The van der Waals surface area contributed by atoms with Crippen LogP contribution < -0.4 is 5.32 Å². The largest absolute Gasteiger partial charge is 0.466 e. The van der Waals surface area contributed by atoms with Gasteiger partial charge in [0.25, 0.3) is 0 Å². The predicted octanol–water partition coefficient (Wildman–Crippen LogP) is 21.2. The molecule has 0 bridgehead atoms. The van der Waals surface area contributed by atoms with Gasteiger partial charge in [0.1, 0.15) is 0 Å². The van der Waals surface area contributed by atoms with Crippen LogP contribution in [0.5, 0.6) is 0 Å². The third-order valence-corrected chi connectivity index (χ3v) is 15.8. The van der Waals surface area contributed by atoms with E-state index in [9.17, 15) is 19.8 Å². The summed E-state index contributed by atoms with van der Waals surface area (Å²) < 4.78 is 5.47. The fraction of sp³-hybridized carbons (Fsp3) is 0.940. The molecule has 0 saturated heterocycles. The lowest BCUT2D eigenvalue weighted by Gasteiger charge is -2.22. The molecule has 0 aliphatic rings. The molecule has 0 spiro atoms. The van der Waals surface area contributed by atoms with E-state index in [0.29, 0.717) is 25.9 Å². The maximum absolute atomic E-state index is 12.5. The third-order valence-electron chi connectivity index (χ3n) is 15.8. The monoisotopic (exact) mass is 1030 g/mol. The summed E-state index contributed by atoms with van der Waals surface area (Å²) in [7, 11) is 0. The first-order valence-electron chi connectivity index (χ1n) is 33.4. The van der Waals surface area contributed by atoms with Crippen molar-refractivity contribution in [1.82, 2.24) is 5.32 Å². The SMILES string of the molecule is CCCCCCCCCCCCCCCCCCCCCCCCCCC(O)C(CO)NC(=O)CCCCCCCCC/C=C\CCCCCCCCCCCOC(=O)CCCCCCCCCCCCCC. The Kier molecular flexibility index (Phi) is 61.9. The first-order chi connectivity index (χ1) is 36.0. The molecule has 1 amide bonds. The molecule has 434 valence electrons. The van der Waals surface area contributed by atoms with Gasteiger partial charge in [-0.15, -0.1) is 0 Å². The lowest BCUT2D eigenvalue weighted by molar-refractivity contribution is -0.143. The average molecular weight is 1030 g/mol. The number of ether oxygens (including phenoxy) is 1. The molecule has 6 heteroatoms. The van der Waals surface area contributed by atoms with Gasteiger partial charge in [0, 0.05) is 12.8 Å². The number of allylic oxidation sites excluding steroid dienone is 2. The number of aliphatic hydroxyl groups is 2. The first-order valence-corrected chi connectivity index (χ1v) is 33.4. The van der Waals surface area contributed by atoms with Crippen LogP contribution in [0.4, 0.5) is 0 Å². The molecule has 73 heavy (non-hydrogen) atoms. The summed E-state index contributed by atoms with van der Waals surface area (Å²) in [5.74, 6) is -0.0308. The van der Waals surface area contributed by atoms with Gasteiger partial charge < -0.3 is 20.3 Å². The number of aliphatic hydroxyl groups excluding tert-OH is 2. The molecule has 0 aromatic carbocycles. The summed E-state index contributed by atoms with van der Waals surface area (Å²) in [6.07, 6.45) is 76.7. The number of rotatable bonds is 63. The standard InChI is InChI=1S/C67H131NO5/c1-3-5-7-9-11-13-15-17-18-19-20-21-22-23-24-27-30-33-36-39-43-47-51-55-59-65(70)64(63-69)68-66(71)60-56-52-48-44-40-37-34-31-28-25-26-29-32-35-38-42-46-50-54-58-62-73-67(72)61-57-53-49-45-41-16-14-12-10-8-6-4-2/h25,28,64-65,69-70H,3-24,26-27,29-63H2,1-2H3,(H,68,71)/b28-25-. The van der Waals surface area contributed by atoms with Crippen molar-refractivity contribution in [3.63, 3.8) is 0 Å². The number of carbonyl (C=O) groups is 2. The molecule has 0 aromatic rings. The van der Waals surface area contributed by atoms with E-state index in [2.05, 4.69) is 31.3 Å². The average Bonchev–Trinajstić information content (AvgIpc) is 3.39. The van der Waals surface area contributed by atoms with E-state index < -0.39 is 12.1 Å². The van der Waals surface area contributed by atoms with E-state index in [1.165, 1.54) is 308 Å². The van der Waals surface area contributed by atoms with Crippen LogP contribution in [-0.2, 0) is 14.3 Å². The molecule has 2 atom stereocenters. The van der Waals surface area contributed by atoms with E-state index >= 15 is 0 Å². The Morgan fingerprint density at radius 3 is 0.973 bits per heavy atom. The first kappa shape index (κ1) is 71.6. The lowest BCUT2D eigenvalue weighted by atomic mass is 10.0. The van der Waals surface area contributed by atoms with Gasteiger partial charge in [-0.2, -0.15) is 0 Å². The second kappa shape index (κ2) is 63.1. The van der Waals surface area contributed by atoms with Crippen LogP contribution in [0.1, 0.15) is 380 Å². The zero-order chi connectivity index (χ0) is 52.9. The van der Waals surface area contributed by atoms with Crippen LogP contribution in [0.3, 0.4) is 0 Å². The van der Waals surface area contributed by atoms with Crippen LogP contribution >= 0.6 is 0 Å². The van der Waals surface area contributed by atoms with Gasteiger partial charge in [-0.1, -0.05) is 328 Å². The Hall–Kier alpha value is -1.40. The zero-order valence-corrected chi connectivity index (χ0v) is 49.6. The van der Waals surface area contributed by atoms with Gasteiger partial charge in [0.2, 0.25) is 5.91 Å². The molecule has 0 radical (unpaired) electrons. The number of hydrogen-bond acceptors (Lipinski definition) is 5. The highest BCUT2D eigenvalue weighted by Crippen LogP contribution is 2.19. The summed E-state index contributed by atoms with van der Waals surface area (Å²) in [6, 6.07) is -0.548. The number of carbonyl (C=O) groups excluding carboxylic acids is 2. The third kappa shape index (κ3) is 59.7. The fourth-order valence-electron chi connectivity index (χ4n) is 10.7. The second-order valence-electron chi connectivity index (χ2n) is 23.2. The van der Waals surface area contributed by atoms with Gasteiger partial charge in [0.05, 0.1) is 25.4 Å². The number of amides is 1. The normalized spacial score (nSPS) is 12.5. The predicted molar refractivity (Wildman–Crippen MR) is 320 cm³/mol. The van der Waals surface area contributed by atoms with Gasteiger partial charge in [-0.05, 0) is 51.4 Å². The summed E-state index contributed by atoms with van der Waals surface area (Å²) in [4.78, 5) is 24.6. The van der Waals surface area contributed by atoms with E-state index in [0.717, 1.165) is 38.5 Å². The molecule has 0 heterocycles. The van der Waals surface area contributed by atoms with E-state index in [-0.39, 0.29) is 18.5 Å². The summed E-state index contributed by atoms with van der Waals surface area (Å²) in [5, 5.41) is 23.4. The number of esters is 1. The minimum absolute atomic E-state index is 0.00805. The molecule has 3 N–H and O–H groups in total. The molecule has 0 fully saturated rings. The van der Waals surface area contributed by atoms with Crippen molar-refractivity contribution in [2.75, 3.05) is 13.2 Å². The van der Waals surface area contributed by atoms with Crippen molar-refractivity contribution >= 4 is 11.9 Å². The van der Waals surface area contributed by atoms with Crippen molar-refractivity contribution in [3.05, 3.63) is 12.2 Å². The van der Waals surface area contributed by atoms with E-state index in [1.54, 1.807) is 0 Å². The molecular weight excluding hydrogens is 899 g/mol. The second-order valence-corrected chi connectivity index (χ2v) is 23.2. The summed E-state index contributed by atoms with van der Waals surface area (Å²) >= 11 is 0. The molecule has 2 unspecified atom stereocenters. The number of nitrogens with one attached hydrogen (secondary N) is 1. The van der Waals surface area contributed by atoms with Crippen LogP contribution in [0.2, 0.25) is 0 Å². The molecule has 0 rings (SSSR count). The molecule has 0 aliphatic heterocycles. The van der Waals surface area contributed by atoms with Gasteiger partial charge in [0.15, 0.2) is 0 Å². The maximum Gasteiger partial charge on any atom is 0.305 e. The van der Waals surface area contributed by atoms with Crippen molar-refractivity contribution in [1.29, 1.82) is 0 Å². The Labute approximate surface area is 457 Å². The molecule has 6 nitrogen and oxygen atoms in total. The Morgan fingerprint density at radius 2 is 0.644 bits per heavy atom. The Balaban J connectivity index is 3.42. The lowest BCUT2D eigenvalue weighted by Crippen LogP contribution is -2.45. The van der Waals surface area contributed by atoms with Crippen LogP contribution in [0.25, 0.3) is 0 Å². The van der Waals surface area contributed by atoms with Crippen LogP contribution in [0, 0.1) is 0 Å². The minimum Gasteiger partial charge on any atom is -0.466 e. The quantitative estimate of drug-likeness (QED) is 0.0320. The van der Waals surface area contributed by atoms with Crippen molar-refractivity contribution in [2.24, 2.45) is 0 Å².